The predicted octanol–water partition coefficient (Wildman–Crippen LogP) is 7.29. The number of hydrogen-bond donors (Lipinski definition) is 0. The highest BCUT2D eigenvalue weighted by Crippen LogP contribution is 2.46. The highest BCUT2D eigenvalue weighted by Gasteiger charge is 2.28. The SMILES string of the molecule is Cc1ccc2c(c1)Oc1ccccc1-n1c-2nc(-c2ccccc2)c1-c1ccccc1. The molecule has 1 aliphatic heterocycles. The molecule has 0 unspecified atom stereocenters. The topological polar surface area (TPSA) is 27.1 Å². The molecule has 0 fully saturated rings. The van der Waals surface area contributed by atoms with Crippen LogP contribution >= 0.6 is 0 Å². The van der Waals surface area contributed by atoms with Gasteiger partial charge >= 0.3 is 0 Å². The Morgan fingerprint density at radius 3 is 2.13 bits per heavy atom. The van der Waals surface area contributed by atoms with E-state index >= 15 is 0 Å². The summed E-state index contributed by atoms with van der Waals surface area (Å²) in [5.41, 5.74) is 7.36. The summed E-state index contributed by atoms with van der Waals surface area (Å²) in [6.07, 6.45) is 0. The van der Waals surface area contributed by atoms with Crippen molar-refractivity contribution in [2.24, 2.45) is 0 Å². The minimum Gasteiger partial charge on any atom is -0.454 e. The van der Waals surface area contributed by atoms with Crippen LogP contribution in [-0.4, -0.2) is 9.55 Å². The van der Waals surface area contributed by atoms with Gasteiger partial charge in [0.05, 0.1) is 22.6 Å². The van der Waals surface area contributed by atoms with Gasteiger partial charge in [0.1, 0.15) is 11.6 Å². The van der Waals surface area contributed by atoms with E-state index in [0.29, 0.717) is 0 Å². The summed E-state index contributed by atoms with van der Waals surface area (Å²) in [7, 11) is 0. The summed E-state index contributed by atoms with van der Waals surface area (Å²) >= 11 is 0. The van der Waals surface area contributed by atoms with Crippen LogP contribution in [-0.2, 0) is 0 Å². The van der Waals surface area contributed by atoms with Crippen molar-refractivity contribution < 1.29 is 4.74 Å². The molecule has 0 saturated carbocycles. The van der Waals surface area contributed by atoms with Crippen molar-refractivity contribution in [1.82, 2.24) is 9.55 Å². The molecular weight excluding hydrogens is 380 g/mol. The van der Waals surface area contributed by atoms with Crippen LogP contribution in [0.5, 0.6) is 11.5 Å². The van der Waals surface area contributed by atoms with Crippen LogP contribution in [0.25, 0.3) is 39.6 Å². The van der Waals surface area contributed by atoms with E-state index < -0.39 is 0 Å². The smallest absolute Gasteiger partial charge is 0.151 e. The normalized spacial score (nSPS) is 11.6. The fourth-order valence-corrected chi connectivity index (χ4v) is 4.24. The van der Waals surface area contributed by atoms with Crippen molar-refractivity contribution in [1.29, 1.82) is 0 Å². The zero-order valence-electron chi connectivity index (χ0n) is 17.1. The van der Waals surface area contributed by atoms with Gasteiger partial charge in [-0.25, -0.2) is 4.98 Å². The average molecular weight is 400 g/mol. The van der Waals surface area contributed by atoms with E-state index in [9.17, 15) is 0 Å². The molecule has 0 radical (unpaired) electrons. The molecule has 5 aromatic rings. The molecule has 0 atom stereocenters. The Morgan fingerprint density at radius 1 is 0.677 bits per heavy atom. The Labute approximate surface area is 181 Å². The van der Waals surface area contributed by atoms with Gasteiger partial charge in [-0.15, -0.1) is 0 Å². The highest BCUT2D eigenvalue weighted by molar-refractivity contribution is 5.86. The van der Waals surface area contributed by atoms with Crippen molar-refractivity contribution in [2.45, 2.75) is 6.92 Å². The van der Waals surface area contributed by atoms with E-state index in [1.807, 2.05) is 30.3 Å². The van der Waals surface area contributed by atoms with Gasteiger partial charge in [0.25, 0.3) is 0 Å². The number of fused-ring (bicyclic) bond motifs is 5. The zero-order chi connectivity index (χ0) is 20.8. The molecule has 0 spiro atoms. The van der Waals surface area contributed by atoms with Gasteiger partial charge in [-0.3, -0.25) is 4.57 Å². The number of nitrogens with zero attached hydrogens (tertiary/aromatic N) is 2. The van der Waals surface area contributed by atoms with Crippen LogP contribution in [0.1, 0.15) is 5.56 Å². The van der Waals surface area contributed by atoms with Gasteiger partial charge in [0, 0.05) is 11.1 Å². The lowest BCUT2D eigenvalue weighted by Crippen LogP contribution is -1.99. The highest BCUT2D eigenvalue weighted by atomic mass is 16.5. The third-order valence-electron chi connectivity index (χ3n) is 5.68. The second-order valence-electron chi connectivity index (χ2n) is 7.77. The standard InChI is InChI=1S/C28H20N2O/c1-19-16-17-22-25(18-19)31-24-15-9-8-14-23(24)30-27(21-12-6-3-7-13-21)26(29-28(22)30)20-10-4-2-5-11-20/h2-18H,1H3. The molecule has 1 aliphatic rings. The van der Waals surface area contributed by atoms with Crippen molar-refractivity contribution in [3.63, 3.8) is 0 Å². The predicted molar refractivity (Wildman–Crippen MR) is 125 cm³/mol. The van der Waals surface area contributed by atoms with Gasteiger partial charge in [0.15, 0.2) is 5.75 Å². The summed E-state index contributed by atoms with van der Waals surface area (Å²) in [6.45, 7) is 2.08. The quantitative estimate of drug-likeness (QED) is 0.305. The Kier molecular flexibility index (Phi) is 4.00. The third kappa shape index (κ3) is 2.86. The largest absolute Gasteiger partial charge is 0.454 e. The first-order valence-electron chi connectivity index (χ1n) is 10.4. The maximum atomic E-state index is 6.40. The van der Waals surface area contributed by atoms with Crippen LogP contribution in [0.3, 0.4) is 0 Å². The van der Waals surface area contributed by atoms with Crippen LogP contribution in [0.4, 0.5) is 0 Å². The minimum absolute atomic E-state index is 0.822. The molecule has 3 nitrogen and oxygen atoms in total. The van der Waals surface area contributed by atoms with Gasteiger partial charge in [0.2, 0.25) is 0 Å². The number of aryl methyl sites for hydroxylation is 1. The fraction of sp³-hybridized carbons (Fsp3) is 0.0357. The van der Waals surface area contributed by atoms with Crippen LogP contribution in [0.15, 0.2) is 103 Å². The first-order valence-corrected chi connectivity index (χ1v) is 10.4. The first-order chi connectivity index (χ1) is 15.3. The van der Waals surface area contributed by atoms with Crippen LogP contribution in [0, 0.1) is 6.92 Å². The Hall–Kier alpha value is -4.11. The number of hydrogen-bond acceptors (Lipinski definition) is 2. The number of rotatable bonds is 2. The van der Waals surface area contributed by atoms with Gasteiger partial charge in [-0.2, -0.15) is 0 Å². The van der Waals surface area contributed by atoms with E-state index in [1.54, 1.807) is 0 Å². The van der Waals surface area contributed by atoms with Gasteiger partial charge in [-0.1, -0.05) is 78.9 Å². The summed E-state index contributed by atoms with van der Waals surface area (Å²) in [5.74, 6) is 2.54. The molecule has 0 amide bonds. The number of imidazole rings is 1. The van der Waals surface area contributed by atoms with Crippen LogP contribution in [0.2, 0.25) is 0 Å². The number of benzene rings is 4. The Bertz CT molecular complexity index is 1400. The molecule has 31 heavy (non-hydrogen) atoms. The molecule has 0 saturated heterocycles. The third-order valence-corrected chi connectivity index (χ3v) is 5.68. The first kappa shape index (κ1) is 17.7. The molecule has 6 rings (SSSR count). The van der Waals surface area contributed by atoms with Crippen molar-refractivity contribution in [3.05, 3.63) is 109 Å². The Balaban J connectivity index is 1.77. The molecule has 148 valence electrons. The molecule has 4 aromatic carbocycles. The Morgan fingerprint density at radius 2 is 1.35 bits per heavy atom. The molecule has 2 heterocycles. The molecule has 0 aliphatic carbocycles. The van der Waals surface area contributed by atoms with Gasteiger partial charge < -0.3 is 4.74 Å². The summed E-state index contributed by atoms with van der Waals surface area (Å²) < 4.78 is 8.64. The molecule has 0 bridgehead atoms. The fourth-order valence-electron chi connectivity index (χ4n) is 4.24. The van der Waals surface area contributed by atoms with Crippen molar-refractivity contribution in [2.75, 3.05) is 0 Å². The summed E-state index contributed by atoms with van der Waals surface area (Å²) in [6, 6.07) is 35.3. The molecule has 0 N–H and O–H groups in total. The zero-order valence-corrected chi connectivity index (χ0v) is 17.1. The van der Waals surface area contributed by atoms with Crippen molar-refractivity contribution in [3.8, 4) is 51.1 Å². The van der Waals surface area contributed by atoms with E-state index in [2.05, 4.69) is 84.3 Å². The second-order valence-corrected chi connectivity index (χ2v) is 7.77. The monoisotopic (exact) mass is 400 g/mol. The van der Waals surface area contributed by atoms with E-state index in [4.69, 9.17) is 9.72 Å². The number of ether oxygens (including phenoxy) is 1. The number of aromatic nitrogens is 2. The summed E-state index contributed by atoms with van der Waals surface area (Å²) in [5, 5.41) is 0. The maximum Gasteiger partial charge on any atom is 0.151 e. The minimum atomic E-state index is 0.822. The van der Waals surface area contributed by atoms with E-state index in [1.165, 1.54) is 0 Å². The lowest BCUT2D eigenvalue weighted by Gasteiger charge is -2.13. The van der Waals surface area contributed by atoms with E-state index in [-0.39, 0.29) is 0 Å². The molecule has 3 heteroatoms. The second kappa shape index (κ2) is 6.99. The summed E-state index contributed by atoms with van der Waals surface area (Å²) in [4.78, 5) is 5.21. The molecular formula is C28H20N2O. The van der Waals surface area contributed by atoms with Crippen LogP contribution < -0.4 is 4.74 Å². The van der Waals surface area contributed by atoms with E-state index in [0.717, 1.165) is 56.7 Å². The maximum absolute atomic E-state index is 6.40. The van der Waals surface area contributed by atoms with Crippen molar-refractivity contribution >= 4 is 0 Å². The average Bonchev–Trinajstić information content (AvgIpc) is 3.15. The van der Waals surface area contributed by atoms with Gasteiger partial charge in [-0.05, 0) is 36.8 Å². The lowest BCUT2D eigenvalue weighted by molar-refractivity contribution is 0.485. The lowest BCUT2D eigenvalue weighted by atomic mass is 10.0. The number of para-hydroxylation sites is 2. The molecule has 1 aromatic heterocycles.